The van der Waals surface area contributed by atoms with E-state index < -0.39 is 6.04 Å². The number of benzene rings is 2. The Morgan fingerprint density at radius 1 is 1.05 bits per heavy atom. The molecule has 8 heteroatoms. The molecular weight excluding hydrogens is 468 g/mol. The van der Waals surface area contributed by atoms with Crippen LogP contribution in [-0.4, -0.2) is 58.2 Å². The van der Waals surface area contributed by atoms with Crippen molar-refractivity contribution in [1.82, 2.24) is 20.1 Å². The molecule has 1 spiro atoms. The van der Waals surface area contributed by atoms with Crippen LogP contribution in [0.15, 0.2) is 48.7 Å². The van der Waals surface area contributed by atoms with E-state index >= 15 is 0 Å². The van der Waals surface area contributed by atoms with Crippen LogP contribution >= 0.6 is 0 Å². The smallest absolute Gasteiger partial charge is 0.255 e. The highest BCUT2D eigenvalue weighted by atomic mass is 16.5. The Bertz CT molecular complexity index is 1450. The third kappa shape index (κ3) is 3.54. The minimum absolute atomic E-state index is 0.0574. The van der Waals surface area contributed by atoms with Gasteiger partial charge in [0.1, 0.15) is 11.8 Å². The van der Waals surface area contributed by atoms with Gasteiger partial charge < -0.3 is 9.64 Å². The molecule has 4 aliphatic heterocycles. The number of likely N-dealkylation sites (tertiary alicyclic amines) is 1. The fourth-order valence-electron chi connectivity index (χ4n) is 6.56. The second-order valence-electron chi connectivity index (χ2n) is 10.7. The number of aromatic nitrogens is 1. The molecule has 0 saturated carbocycles. The van der Waals surface area contributed by atoms with Gasteiger partial charge in [-0.1, -0.05) is 30.3 Å². The molecule has 7 rings (SSSR count). The third-order valence-electron chi connectivity index (χ3n) is 8.67. The van der Waals surface area contributed by atoms with Gasteiger partial charge in [-0.2, -0.15) is 0 Å². The van der Waals surface area contributed by atoms with Gasteiger partial charge in [0.2, 0.25) is 11.8 Å². The number of piperidine rings is 2. The summed E-state index contributed by atoms with van der Waals surface area (Å²) in [6, 6.07) is 13.8. The van der Waals surface area contributed by atoms with Gasteiger partial charge in [-0.15, -0.1) is 0 Å². The summed E-state index contributed by atoms with van der Waals surface area (Å²) in [4.78, 5) is 46.0. The molecule has 0 radical (unpaired) electrons. The Morgan fingerprint density at radius 3 is 2.73 bits per heavy atom. The van der Waals surface area contributed by atoms with E-state index in [1.807, 2.05) is 12.3 Å². The molecule has 0 aliphatic carbocycles. The molecule has 1 N–H and O–H groups in total. The lowest BCUT2D eigenvalue weighted by atomic mass is 9.74. The minimum Gasteiger partial charge on any atom is -0.492 e. The van der Waals surface area contributed by atoms with Gasteiger partial charge in [-0.3, -0.25) is 29.6 Å². The van der Waals surface area contributed by atoms with Crippen LogP contribution in [0.3, 0.4) is 0 Å². The van der Waals surface area contributed by atoms with Crippen LogP contribution in [0, 0.1) is 0 Å². The van der Waals surface area contributed by atoms with Gasteiger partial charge in [-0.25, -0.2) is 0 Å². The van der Waals surface area contributed by atoms with Crippen molar-refractivity contribution in [3.05, 3.63) is 71.0 Å². The van der Waals surface area contributed by atoms with Gasteiger partial charge in [0.25, 0.3) is 5.91 Å². The average molecular weight is 497 g/mol. The molecule has 1 unspecified atom stereocenters. The first kappa shape index (κ1) is 22.4. The summed E-state index contributed by atoms with van der Waals surface area (Å²) in [5, 5.41) is 4.80. The molecule has 37 heavy (non-hydrogen) atoms. The number of rotatable bonds is 3. The molecule has 2 fully saturated rings. The van der Waals surface area contributed by atoms with Crippen LogP contribution in [0.4, 0.5) is 0 Å². The number of nitrogens with zero attached hydrogens (tertiary/aromatic N) is 3. The average Bonchev–Trinajstić information content (AvgIpc) is 3.44. The number of nitrogens with one attached hydrogen (secondary N) is 1. The van der Waals surface area contributed by atoms with Crippen molar-refractivity contribution in [2.24, 2.45) is 0 Å². The normalized spacial score (nSPS) is 22.8. The predicted octanol–water partition coefficient (Wildman–Crippen LogP) is 2.92. The number of fused-ring (bicyclic) bond motifs is 5. The molecule has 0 bridgehead atoms. The second kappa shape index (κ2) is 8.38. The van der Waals surface area contributed by atoms with E-state index in [2.05, 4.69) is 51.6 Å². The van der Waals surface area contributed by atoms with E-state index in [1.165, 1.54) is 16.3 Å². The molecule has 3 aromatic rings. The van der Waals surface area contributed by atoms with Crippen molar-refractivity contribution in [3.8, 4) is 5.75 Å². The number of hydrogen-bond acceptors (Lipinski definition) is 6. The zero-order valence-electron chi connectivity index (χ0n) is 20.5. The number of hydrogen-bond donors (Lipinski definition) is 1. The van der Waals surface area contributed by atoms with E-state index in [0.717, 1.165) is 49.5 Å². The van der Waals surface area contributed by atoms with E-state index in [9.17, 15) is 14.4 Å². The van der Waals surface area contributed by atoms with Crippen LogP contribution in [0.5, 0.6) is 5.75 Å². The van der Waals surface area contributed by atoms with Gasteiger partial charge in [0.15, 0.2) is 0 Å². The van der Waals surface area contributed by atoms with Crippen molar-refractivity contribution < 1.29 is 19.1 Å². The van der Waals surface area contributed by atoms with Crippen molar-refractivity contribution >= 4 is 28.5 Å². The van der Waals surface area contributed by atoms with Gasteiger partial charge in [-0.05, 0) is 49.9 Å². The summed E-state index contributed by atoms with van der Waals surface area (Å²) in [5.41, 5.74) is 3.73. The Labute approximate surface area is 214 Å². The Balaban J connectivity index is 1.09. The van der Waals surface area contributed by atoms with E-state index in [-0.39, 0.29) is 29.6 Å². The lowest BCUT2D eigenvalue weighted by Crippen LogP contribution is -2.52. The fourth-order valence-corrected chi connectivity index (χ4v) is 6.56. The largest absolute Gasteiger partial charge is 0.492 e. The highest BCUT2D eigenvalue weighted by Gasteiger charge is 2.47. The number of pyridine rings is 1. The molecule has 188 valence electrons. The quantitative estimate of drug-likeness (QED) is 0.561. The van der Waals surface area contributed by atoms with Crippen LogP contribution in [0.2, 0.25) is 0 Å². The lowest BCUT2D eigenvalue weighted by Gasteiger charge is -2.38. The van der Waals surface area contributed by atoms with Crippen LogP contribution in [0.1, 0.15) is 52.9 Å². The molecule has 8 nitrogen and oxygen atoms in total. The Morgan fingerprint density at radius 2 is 1.89 bits per heavy atom. The zero-order valence-corrected chi connectivity index (χ0v) is 20.5. The van der Waals surface area contributed by atoms with Crippen molar-refractivity contribution in [1.29, 1.82) is 0 Å². The maximum absolute atomic E-state index is 13.2. The van der Waals surface area contributed by atoms with Crippen LogP contribution < -0.4 is 10.1 Å². The van der Waals surface area contributed by atoms with E-state index in [0.29, 0.717) is 25.1 Å². The molecule has 5 heterocycles. The standard InChI is InChI=1S/C29H28N4O4/c34-25-8-7-24(27(35)31-25)33-15-21-20(28(33)36)5-6-22-26(21)37-17-29(22)10-13-32(14-11-29)16-23-19-4-2-1-3-18(19)9-12-30-23/h1-6,9,12,24H,7-8,10-11,13-17H2,(H,31,34,35). The molecule has 1 aromatic heterocycles. The topological polar surface area (TPSA) is 91.8 Å². The monoisotopic (exact) mass is 496 g/mol. The lowest BCUT2D eigenvalue weighted by molar-refractivity contribution is -0.136. The summed E-state index contributed by atoms with van der Waals surface area (Å²) < 4.78 is 6.31. The Hall–Kier alpha value is -3.78. The maximum atomic E-state index is 13.2. The summed E-state index contributed by atoms with van der Waals surface area (Å²) in [6.45, 7) is 3.69. The highest BCUT2D eigenvalue weighted by Crippen LogP contribution is 2.49. The van der Waals surface area contributed by atoms with Crippen molar-refractivity contribution in [3.63, 3.8) is 0 Å². The van der Waals surface area contributed by atoms with Gasteiger partial charge in [0.05, 0.1) is 18.8 Å². The number of imide groups is 1. The molecular formula is C29H28N4O4. The summed E-state index contributed by atoms with van der Waals surface area (Å²) in [6.07, 6.45) is 4.46. The third-order valence-corrected chi connectivity index (χ3v) is 8.67. The van der Waals surface area contributed by atoms with Gasteiger partial charge >= 0.3 is 0 Å². The summed E-state index contributed by atoms with van der Waals surface area (Å²) in [5.74, 6) is -0.00211. The zero-order chi connectivity index (χ0) is 25.1. The molecule has 2 saturated heterocycles. The van der Waals surface area contributed by atoms with Gasteiger partial charge in [0, 0.05) is 46.7 Å². The molecule has 3 amide bonds. The number of carbonyl (C=O) groups is 3. The fraction of sp³-hybridized carbons (Fsp3) is 0.379. The Kier molecular flexibility index (Phi) is 5.08. The number of ether oxygens (including phenoxy) is 1. The summed E-state index contributed by atoms with van der Waals surface area (Å²) in [7, 11) is 0. The molecule has 1 atom stereocenters. The number of carbonyl (C=O) groups excluding carboxylic acids is 3. The first-order chi connectivity index (χ1) is 18.0. The predicted molar refractivity (Wildman–Crippen MR) is 136 cm³/mol. The van der Waals surface area contributed by atoms with Crippen molar-refractivity contribution in [2.75, 3.05) is 19.7 Å². The number of amides is 3. The van der Waals surface area contributed by atoms with E-state index in [1.54, 1.807) is 4.90 Å². The van der Waals surface area contributed by atoms with E-state index in [4.69, 9.17) is 4.74 Å². The highest BCUT2D eigenvalue weighted by molar-refractivity contribution is 6.05. The van der Waals surface area contributed by atoms with Crippen LogP contribution in [-0.2, 0) is 28.1 Å². The maximum Gasteiger partial charge on any atom is 0.255 e. The molecule has 2 aromatic carbocycles. The van der Waals surface area contributed by atoms with Crippen LogP contribution in [0.25, 0.3) is 10.8 Å². The first-order valence-corrected chi connectivity index (χ1v) is 13.0. The van der Waals surface area contributed by atoms with Crippen molar-refractivity contribution in [2.45, 2.75) is 50.2 Å². The second-order valence-corrected chi connectivity index (χ2v) is 10.7. The minimum atomic E-state index is -0.616. The first-order valence-electron chi connectivity index (χ1n) is 13.0. The summed E-state index contributed by atoms with van der Waals surface area (Å²) >= 11 is 0. The SMILES string of the molecule is O=C1CCC(N2Cc3c(ccc4c3OCC43CCN(Cc4nccc5ccccc45)CC3)C2=O)C(=O)N1. The molecule has 4 aliphatic rings.